The molecule has 1 unspecified atom stereocenters. The van der Waals surface area contributed by atoms with Gasteiger partial charge in [-0.2, -0.15) is 0 Å². The molecule has 134 valence electrons. The summed E-state index contributed by atoms with van der Waals surface area (Å²) in [4.78, 5) is 36.8. The van der Waals surface area contributed by atoms with Gasteiger partial charge >= 0.3 is 0 Å². The quantitative estimate of drug-likeness (QED) is 0.644. The van der Waals surface area contributed by atoms with Crippen LogP contribution < -0.4 is 5.32 Å². The molecule has 0 saturated carbocycles. The minimum atomic E-state index is -0.942. The Bertz CT molecular complexity index is 878. The van der Waals surface area contributed by atoms with Crippen molar-refractivity contribution in [3.05, 3.63) is 58.1 Å². The lowest BCUT2D eigenvalue weighted by Gasteiger charge is -2.11. The number of carbonyl (C=O) groups is 3. The van der Waals surface area contributed by atoms with Crippen molar-refractivity contribution < 1.29 is 14.4 Å². The number of Topliss-reactive ketones (excluding diaryl/α,β-unsaturated/α-hetero) is 1. The first-order valence-electron chi connectivity index (χ1n) is 7.97. The van der Waals surface area contributed by atoms with Gasteiger partial charge in [0, 0.05) is 30.2 Å². The molecule has 0 bridgehead atoms. The third kappa shape index (κ3) is 3.89. The summed E-state index contributed by atoms with van der Waals surface area (Å²) in [7, 11) is 1.51. The topological polar surface area (TPSA) is 66.5 Å². The zero-order valence-electron chi connectivity index (χ0n) is 14.0. The van der Waals surface area contributed by atoms with E-state index in [2.05, 4.69) is 5.32 Å². The van der Waals surface area contributed by atoms with Crippen LogP contribution in [0.1, 0.15) is 5.56 Å². The van der Waals surface area contributed by atoms with E-state index in [0.717, 1.165) is 16.7 Å². The highest BCUT2D eigenvalue weighted by atomic mass is 35.5. The Balaban J connectivity index is 1.70. The maximum atomic E-state index is 12.2. The summed E-state index contributed by atoms with van der Waals surface area (Å²) in [5.74, 6) is -2.66. The number of hydrogen-bond donors (Lipinski definition) is 1. The van der Waals surface area contributed by atoms with E-state index in [-0.39, 0.29) is 13.1 Å². The van der Waals surface area contributed by atoms with Crippen LogP contribution in [0.2, 0.25) is 10.0 Å². The first-order valence-corrected chi connectivity index (χ1v) is 8.73. The minimum Gasteiger partial charge on any atom is -0.351 e. The molecular weight excluding hydrogens is 375 g/mol. The van der Waals surface area contributed by atoms with Crippen molar-refractivity contribution in [1.29, 1.82) is 0 Å². The standard InChI is InChI=1S/C19H16Cl2N2O3/c1-23-10-16(17(24)19(23)26)18(25)22-9-11-3-2-4-12(5-11)13-6-14(20)8-15(21)7-13/h2-8,16H,9-10H2,1H3,(H,22,25). The molecule has 3 rings (SSSR count). The molecular formula is C19H16Cl2N2O3. The van der Waals surface area contributed by atoms with Gasteiger partial charge in [-0.3, -0.25) is 14.4 Å². The molecule has 0 spiro atoms. The van der Waals surface area contributed by atoms with Crippen LogP contribution in [0.4, 0.5) is 0 Å². The fraction of sp³-hybridized carbons (Fsp3) is 0.211. The summed E-state index contributed by atoms with van der Waals surface area (Å²) >= 11 is 12.1. The molecule has 1 atom stereocenters. The molecule has 1 aliphatic heterocycles. The second kappa shape index (κ2) is 7.48. The number of benzene rings is 2. The average molecular weight is 391 g/mol. The summed E-state index contributed by atoms with van der Waals surface area (Å²) in [5.41, 5.74) is 2.64. The predicted molar refractivity (Wildman–Crippen MR) is 99.9 cm³/mol. The van der Waals surface area contributed by atoms with Crippen LogP contribution in [0.25, 0.3) is 11.1 Å². The Hall–Kier alpha value is -2.37. The predicted octanol–water partition coefficient (Wildman–Crippen LogP) is 2.93. The minimum absolute atomic E-state index is 0.116. The highest BCUT2D eigenvalue weighted by molar-refractivity contribution is 6.42. The lowest BCUT2D eigenvalue weighted by molar-refractivity contribution is -0.142. The van der Waals surface area contributed by atoms with Crippen LogP contribution in [-0.2, 0) is 20.9 Å². The number of halogens is 2. The molecule has 1 fully saturated rings. The second-order valence-electron chi connectivity index (χ2n) is 6.18. The summed E-state index contributed by atoms with van der Waals surface area (Å²) in [5, 5.41) is 3.81. The monoisotopic (exact) mass is 390 g/mol. The molecule has 1 aliphatic rings. The van der Waals surface area contributed by atoms with Crippen molar-refractivity contribution in [3.63, 3.8) is 0 Å². The van der Waals surface area contributed by atoms with Gasteiger partial charge in [-0.25, -0.2) is 0 Å². The van der Waals surface area contributed by atoms with Gasteiger partial charge in [0.1, 0.15) is 5.92 Å². The first kappa shape index (κ1) is 18.4. The largest absolute Gasteiger partial charge is 0.351 e. The normalized spacial score (nSPS) is 16.9. The Kier molecular flexibility index (Phi) is 5.30. The molecule has 2 aromatic carbocycles. The van der Waals surface area contributed by atoms with Gasteiger partial charge in [0.2, 0.25) is 11.7 Å². The fourth-order valence-electron chi connectivity index (χ4n) is 2.87. The lowest BCUT2D eigenvalue weighted by Crippen LogP contribution is -2.35. The Labute approximate surface area is 160 Å². The molecule has 1 heterocycles. The molecule has 5 nitrogen and oxygen atoms in total. The Morgan fingerprint density at radius 1 is 1.12 bits per heavy atom. The number of hydrogen-bond acceptors (Lipinski definition) is 3. The zero-order chi connectivity index (χ0) is 18.8. The maximum absolute atomic E-state index is 12.2. The van der Waals surface area contributed by atoms with Gasteiger partial charge in [0.05, 0.1) is 0 Å². The van der Waals surface area contributed by atoms with Gasteiger partial charge in [0.25, 0.3) is 5.91 Å². The van der Waals surface area contributed by atoms with E-state index >= 15 is 0 Å². The van der Waals surface area contributed by atoms with Crippen LogP contribution >= 0.6 is 23.2 Å². The van der Waals surface area contributed by atoms with Gasteiger partial charge in [-0.1, -0.05) is 41.4 Å². The highest BCUT2D eigenvalue weighted by Gasteiger charge is 2.41. The van der Waals surface area contributed by atoms with Crippen molar-refractivity contribution in [2.75, 3.05) is 13.6 Å². The van der Waals surface area contributed by atoms with Gasteiger partial charge in [-0.05, 0) is 41.0 Å². The molecule has 1 N–H and O–H groups in total. The molecule has 1 saturated heterocycles. The van der Waals surface area contributed by atoms with Crippen molar-refractivity contribution in [1.82, 2.24) is 10.2 Å². The fourth-order valence-corrected chi connectivity index (χ4v) is 3.40. The zero-order valence-corrected chi connectivity index (χ0v) is 15.5. The number of nitrogens with one attached hydrogen (secondary N) is 1. The number of rotatable bonds is 4. The Morgan fingerprint density at radius 2 is 1.81 bits per heavy atom. The number of nitrogens with zero attached hydrogens (tertiary/aromatic N) is 1. The number of carbonyl (C=O) groups excluding carboxylic acids is 3. The van der Waals surface area contributed by atoms with Crippen molar-refractivity contribution in [2.24, 2.45) is 5.92 Å². The number of likely N-dealkylation sites (tertiary alicyclic amines) is 1. The number of ketones is 1. The van der Waals surface area contributed by atoms with E-state index in [9.17, 15) is 14.4 Å². The highest BCUT2D eigenvalue weighted by Crippen LogP contribution is 2.27. The van der Waals surface area contributed by atoms with Crippen LogP contribution in [0, 0.1) is 5.92 Å². The summed E-state index contributed by atoms with van der Waals surface area (Å²) in [6, 6.07) is 12.8. The summed E-state index contributed by atoms with van der Waals surface area (Å²) < 4.78 is 0. The SMILES string of the molecule is CN1CC(C(=O)NCc2cccc(-c3cc(Cl)cc(Cl)c3)c2)C(=O)C1=O. The van der Waals surface area contributed by atoms with E-state index in [4.69, 9.17) is 23.2 Å². The Morgan fingerprint density at radius 3 is 2.42 bits per heavy atom. The van der Waals surface area contributed by atoms with E-state index in [1.54, 1.807) is 6.07 Å². The maximum Gasteiger partial charge on any atom is 0.290 e. The molecule has 7 heteroatoms. The second-order valence-corrected chi connectivity index (χ2v) is 7.05. The summed E-state index contributed by atoms with van der Waals surface area (Å²) in [6.07, 6.45) is 0. The molecule has 2 amide bonds. The number of likely N-dealkylation sites (N-methyl/N-ethyl adjacent to an activating group) is 1. The van der Waals surface area contributed by atoms with Crippen molar-refractivity contribution in [3.8, 4) is 11.1 Å². The molecule has 0 aromatic heterocycles. The van der Waals surface area contributed by atoms with Gasteiger partial charge < -0.3 is 10.2 Å². The average Bonchev–Trinajstić information content (AvgIpc) is 2.86. The van der Waals surface area contributed by atoms with E-state index in [0.29, 0.717) is 10.0 Å². The van der Waals surface area contributed by atoms with Crippen LogP contribution in [0.15, 0.2) is 42.5 Å². The van der Waals surface area contributed by atoms with Crippen LogP contribution in [-0.4, -0.2) is 36.1 Å². The third-order valence-electron chi connectivity index (χ3n) is 4.24. The molecule has 0 radical (unpaired) electrons. The van der Waals surface area contributed by atoms with Gasteiger partial charge in [0.15, 0.2) is 0 Å². The van der Waals surface area contributed by atoms with Gasteiger partial charge in [-0.15, -0.1) is 0 Å². The molecule has 26 heavy (non-hydrogen) atoms. The smallest absolute Gasteiger partial charge is 0.290 e. The molecule has 2 aromatic rings. The van der Waals surface area contributed by atoms with Crippen molar-refractivity contribution in [2.45, 2.75) is 6.54 Å². The summed E-state index contributed by atoms with van der Waals surface area (Å²) in [6.45, 7) is 0.368. The van der Waals surface area contributed by atoms with Crippen LogP contribution in [0.5, 0.6) is 0 Å². The van der Waals surface area contributed by atoms with E-state index in [1.807, 2.05) is 36.4 Å². The number of amides is 2. The molecule has 0 aliphatic carbocycles. The van der Waals surface area contributed by atoms with E-state index in [1.165, 1.54) is 11.9 Å². The third-order valence-corrected chi connectivity index (χ3v) is 4.67. The first-order chi connectivity index (χ1) is 12.3. The van der Waals surface area contributed by atoms with E-state index < -0.39 is 23.5 Å². The van der Waals surface area contributed by atoms with Crippen LogP contribution in [0.3, 0.4) is 0 Å². The van der Waals surface area contributed by atoms with Crippen molar-refractivity contribution >= 4 is 40.8 Å². The lowest BCUT2D eigenvalue weighted by atomic mass is 10.0.